The SMILES string of the molecule is COCCN1CC(NC(=O)Nc2c(C)c(-c3cnn(C)c3)nn2-c2cccc(Cl)c2)C(c2ccc(F)c(F)c2)C1. The van der Waals surface area contributed by atoms with Crippen LogP contribution in [-0.2, 0) is 11.8 Å². The molecule has 2 aromatic heterocycles. The Kier molecular flexibility index (Phi) is 8.15. The summed E-state index contributed by atoms with van der Waals surface area (Å²) in [6.07, 6.45) is 3.56. The van der Waals surface area contributed by atoms with E-state index in [4.69, 9.17) is 21.4 Å². The fourth-order valence-electron chi connectivity index (χ4n) is 5.08. The molecule has 5 rings (SSSR count). The van der Waals surface area contributed by atoms with Crippen molar-refractivity contribution in [3.05, 3.63) is 82.6 Å². The van der Waals surface area contributed by atoms with Crippen molar-refractivity contribution in [1.29, 1.82) is 0 Å². The third-order valence-corrected chi connectivity index (χ3v) is 7.32. The second kappa shape index (κ2) is 11.7. The molecular weight excluding hydrogens is 540 g/mol. The number of urea groups is 1. The van der Waals surface area contributed by atoms with Gasteiger partial charge < -0.3 is 10.1 Å². The van der Waals surface area contributed by atoms with Gasteiger partial charge in [-0.3, -0.25) is 14.9 Å². The van der Waals surface area contributed by atoms with E-state index >= 15 is 0 Å². The number of methoxy groups -OCH3 is 1. The van der Waals surface area contributed by atoms with Crippen LogP contribution >= 0.6 is 11.6 Å². The van der Waals surface area contributed by atoms with Gasteiger partial charge in [-0.05, 0) is 42.8 Å². The Hall–Kier alpha value is -3.80. The fraction of sp³-hybridized carbons (Fsp3) is 0.321. The number of anilines is 1. The molecule has 210 valence electrons. The van der Waals surface area contributed by atoms with Crippen LogP contribution in [0.25, 0.3) is 16.9 Å². The van der Waals surface area contributed by atoms with Crippen LogP contribution in [0, 0.1) is 18.6 Å². The highest BCUT2D eigenvalue weighted by Gasteiger charge is 2.35. The van der Waals surface area contributed by atoms with Crippen molar-refractivity contribution in [2.75, 3.05) is 38.7 Å². The Balaban J connectivity index is 1.43. The minimum Gasteiger partial charge on any atom is -0.383 e. The maximum Gasteiger partial charge on any atom is 0.320 e. The van der Waals surface area contributed by atoms with E-state index in [0.29, 0.717) is 54.0 Å². The van der Waals surface area contributed by atoms with E-state index in [1.165, 1.54) is 6.07 Å². The lowest BCUT2D eigenvalue weighted by atomic mass is 9.94. The Morgan fingerprint density at radius 3 is 2.70 bits per heavy atom. The Morgan fingerprint density at radius 2 is 2.00 bits per heavy atom. The van der Waals surface area contributed by atoms with Crippen molar-refractivity contribution in [2.45, 2.75) is 18.9 Å². The normalized spacial score (nSPS) is 17.4. The van der Waals surface area contributed by atoms with Crippen LogP contribution in [0.1, 0.15) is 17.0 Å². The third kappa shape index (κ3) is 5.86. The molecule has 0 radical (unpaired) electrons. The number of benzene rings is 2. The van der Waals surface area contributed by atoms with Crippen LogP contribution in [0.3, 0.4) is 0 Å². The van der Waals surface area contributed by atoms with Crippen LogP contribution < -0.4 is 10.6 Å². The highest BCUT2D eigenvalue weighted by atomic mass is 35.5. The lowest BCUT2D eigenvalue weighted by molar-refractivity contribution is 0.159. The average molecular weight is 570 g/mol. The monoisotopic (exact) mass is 569 g/mol. The van der Waals surface area contributed by atoms with Gasteiger partial charge in [-0.2, -0.15) is 10.2 Å². The molecule has 1 fully saturated rings. The van der Waals surface area contributed by atoms with Gasteiger partial charge in [-0.25, -0.2) is 18.3 Å². The largest absolute Gasteiger partial charge is 0.383 e. The highest BCUT2D eigenvalue weighted by Crippen LogP contribution is 2.32. The van der Waals surface area contributed by atoms with Crippen molar-refractivity contribution in [3.63, 3.8) is 0 Å². The lowest BCUT2D eigenvalue weighted by Crippen LogP contribution is -2.42. The lowest BCUT2D eigenvalue weighted by Gasteiger charge is -2.21. The average Bonchev–Trinajstić information content (AvgIpc) is 3.62. The van der Waals surface area contributed by atoms with Gasteiger partial charge in [0.25, 0.3) is 0 Å². The number of aromatic nitrogens is 4. The van der Waals surface area contributed by atoms with E-state index in [1.807, 2.05) is 32.3 Å². The number of hydrogen-bond donors (Lipinski definition) is 2. The number of amides is 2. The van der Waals surface area contributed by atoms with Crippen molar-refractivity contribution >= 4 is 23.4 Å². The van der Waals surface area contributed by atoms with Crippen LogP contribution in [0.5, 0.6) is 0 Å². The van der Waals surface area contributed by atoms with Gasteiger partial charge >= 0.3 is 6.03 Å². The number of carbonyl (C=O) groups is 1. The molecule has 0 aliphatic carbocycles. The summed E-state index contributed by atoms with van der Waals surface area (Å²) in [5, 5.41) is 15.6. The predicted octanol–water partition coefficient (Wildman–Crippen LogP) is 4.75. The first-order valence-electron chi connectivity index (χ1n) is 12.8. The molecule has 1 saturated heterocycles. The van der Waals surface area contributed by atoms with Crippen LogP contribution in [0.4, 0.5) is 19.4 Å². The molecule has 1 aliphatic rings. The van der Waals surface area contributed by atoms with Gasteiger partial charge in [-0.1, -0.05) is 23.7 Å². The molecule has 12 heteroatoms. The van der Waals surface area contributed by atoms with Gasteiger partial charge in [-0.15, -0.1) is 0 Å². The van der Waals surface area contributed by atoms with Gasteiger partial charge in [0.1, 0.15) is 11.5 Å². The highest BCUT2D eigenvalue weighted by molar-refractivity contribution is 6.30. The van der Waals surface area contributed by atoms with Gasteiger partial charge in [0, 0.05) is 62.1 Å². The molecule has 1 aliphatic heterocycles. The van der Waals surface area contributed by atoms with E-state index in [0.717, 1.165) is 17.2 Å². The predicted molar refractivity (Wildman–Crippen MR) is 149 cm³/mol. The zero-order valence-electron chi connectivity index (χ0n) is 22.4. The van der Waals surface area contributed by atoms with Crippen molar-refractivity contribution in [1.82, 2.24) is 29.8 Å². The van der Waals surface area contributed by atoms with E-state index in [9.17, 15) is 13.6 Å². The first-order valence-corrected chi connectivity index (χ1v) is 13.2. The van der Waals surface area contributed by atoms with Gasteiger partial charge in [0.15, 0.2) is 11.6 Å². The first kappa shape index (κ1) is 27.8. The number of carbonyl (C=O) groups excluding carboxylic acids is 1. The van der Waals surface area contributed by atoms with Crippen molar-refractivity contribution in [2.24, 2.45) is 7.05 Å². The quantitative estimate of drug-likeness (QED) is 0.320. The first-order chi connectivity index (χ1) is 19.2. The molecule has 0 spiro atoms. The van der Waals surface area contributed by atoms with Crippen LogP contribution in [0.15, 0.2) is 54.9 Å². The number of nitrogens with one attached hydrogen (secondary N) is 2. The summed E-state index contributed by atoms with van der Waals surface area (Å²) in [6.45, 7) is 4.11. The minimum absolute atomic E-state index is 0.248. The van der Waals surface area contributed by atoms with Crippen LogP contribution in [0.2, 0.25) is 5.02 Å². The molecular formula is C28H30ClF2N7O2. The fourth-order valence-corrected chi connectivity index (χ4v) is 5.27. The summed E-state index contributed by atoms with van der Waals surface area (Å²) in [4.78, 5) is 15.6. The molecule has 2 unspecified atom stereocenters. The van der Waals surface area contributed by atoms with Gasteiger partial charge in [0.05, 0.1) is 24.5 Å². The number of aryl methyl sites for hydroxylation is 1. The standard InChI is InChI=1S/C28H30ClF2N7O2/c1-17-26(19-13-32-36(2)14-19)35-38(21-6-4-5-20(29)12-21)27(17)34-28(39)33-25-16-37(9-10-40-3)15-22(25)18-7-8-23(30)24(31)11-18/h4-8,11-14,22,25H,9-10,15-16H2,1-3H3,(H2,33,34,39). The summed E-state index contributed by atoms with van der Waals surface area (Å²) < 4.78 is 36.3. The number of ether oxygens (including phenoxy) is 1. The summed E-state index contributed by atoms with van der Waals surface area (Å²) in [7, 11) is 3.44. The molecule has 0 bridgehead atoms. The molecule has 3 heterocycles. The van der Waals surface area contributed by atoms with E-state index in [2.05, 4.69) is 20.6 Å². The topological polar surface area (TPSA) is 89.2 Å². The molecule has 2 aromatic carbocycles. The minimum atomic E-state index is -0.917. The maximum atomic E-state index is 14.1. The summed E-state index contributed by atoms with van der Waals surface area (Å²) in [5.74, 6) is -1.60. The Labute approximate surface area is 235 Å². The smallest absolute Gasteiger partial charge is 0.320 e. The molecule has 2 N–H and O–H groups in total. The van der Waals surface area contributed by atoms with Crippen molar-refractivity contribution < 1.29 is 18.3 Å². The van der Waals surface area contributed by atoms with E-state index < -0.39 is 17.7 Å². The molecule has 2 amide bonds. The zero-order chi connectivity index (χ0) is 28.4. The number of hydrogen-bond acceptors (Lipinski definition) is 5. The second-order valence-electron chi connectivity index (χ2n) is 9.85. The zero-order valence-corrected chi connectivity index (χ0v) is 23.1. The number of halogens is 3. The summed E-state index contributed by atoms with van der Waals surface area (Å²) in [6, 6.07) is 10.2. The number of likely N-dealkylation sites (tertiary alicyclic amines) is 1. The van der Waals surface area contributed by atoms with E-state index in [1.54, 1.807) is 40.9 Å². The van der Waals surface area contributed by atoms with Gasteiger partial charge in [0.2, 0.25) is 0 Å². The van der Waals surface area contributed by atoms with E-state index in [-0.39, 0.29) is 12.0 Å². The molecule has 9 nitrogen and oxygen atoms in total. The Morgan fingerprint density at radius 1 is 1.18 bits per heavy atom. The number of nitrogens with zero attached hydrogens (tertiary/aromatic N) is 5. The summed E-state index contributed by atoms with van der Waals surface area (Å²) >= 11 is 6.26. The summed E-state index contributed by atoms with van der Waals surface area (Å²) in [5.41, 5.74) is 3.49. The van der Waals surface area contributed by atoms with Crippen molar-refractivity contribution in [3.8, 4) is 16.9 Å². The van der Waals surface area contributed by atoms with Crippen LogP contribution in [-0.4, -0.2) is 69.9 Å². The molecule has 0 saturated carbocycles. The molecule has 2 atom stereocenters. The Bertz CT molecular complexity index is 1520. The third-order valence-electron chi connectivity index (χ3n) is 7.08. The molecule has 40 heavy (non-hydrogen) atoms. The maximum absolute atomic E-state index is 14.1. The number of rotatable bonds is 8. The second-order valence-corrected chi connectivity index (χ2v) is 10.3. The molecule has 4 aromatic rings.